The van der Waals surface area contributed by atoms with Crippen LogP contribution in [0, 0.1) is 11.3 Å². The number of furan rings is 1. The molecule has 1 aromatic rings. The van der Waals surface area contributed by atoms with Crippen molar-refractivity contribution in [3.63, 3.8) is 0 Å². The maximum Gasteiger partial charge on any atom is 0.126 e. The van der Waals surface area contributed by atoms with Gasteiger partial charge >= 0.3 is 0 Å². The van der Waals surface area contributed by atoms with Gasteiger partial charge in [-0.2, -0.15) is 5.26 Å². The molecule has 0 saturated carbocycles. The van der Waals surface area contributed by atoms with Gasteiger partial charge in [0.25, 0.3) is 0 Å². The summed E-state index contributed by atoms with van der Waals surface area (Å²) in [5.41, 5.74) is 0.562. The second kappa shape index (κ2) is 2.43. The second-order valence-corrected chi connectivity index (χ2v) is 3.53. The first-order valence-corrected chi connectivity index (χ1v) is 3.54. The molecule has 0 saturated heterocycles. The fourth-order valence-corrected chi connectivity index (χ4v) is 0.978. The molecule has 11 heavy (non-hydrogen) atoms. The van der Waals surface area contributed by atoms with Crippen molar-refractivity contribution in [1.82, 2.24) is 0 Å². The molecule has 0 aliphatic rings. The van der Waals surface area contributed by atoms with Gasteiger partial charge in [-0.1, -0.05) is 20.8 Å². The van der Waals surface area contributed by atoms with Crippen LogP contribution in [-0.4, -0.2) is 0 Å². The molecular formula is C9H11NO. The summed E-state index contributed by atoms with van der Waals surface area (Å²) < 4.78 is 5.20. The number of hydrogen-bond acceptors (Lipinski definition) is 2. The van der Waals surface area contributed by atoms with Crippen LogP contribution in [0.1, 0.15) is 32.1 Å². The fraction of sp³-hybridized carbons (Fsp3) is 0.444. The Bertz CT molecular complexity index is 285. The van der Waals surface area contributed by atoms with E-state index in [0.717, 1.165) is 5.76 Å². The summed E-state index contributed by atoms with van der Waals surface area (Å²) in [5.74, 6) is 0.764. The van der Waals surface area contributed by atoms with Crippen LogP contribution in [0.15, 0.2) is 16.7 Å². The van der Waals surface area contributed by atoms with Gasteiger partial charge in [0.05, 0.1) is 11.8 Å². The summed E-state index contributed by atoms with van der Waals surface area (Å²) in [6.07, 6.45) is 1.55. The molecule has 58 valence electrons. The van der Waals surface area contributed by atoms with Gasteiger partial charge in [0.15, 0.2) is 0 Å². The summed E-state index contributed by atoms with van der Waals surface area (Å²) >= 11 is 0. The maximum atomic E-state index is 8.66. The molecule has 0 fully saturated rings. The second-order valence-electron chi connectivity index (χ2n) is 3.53. The zero-order valence-electron chi connectivity index (χ0n) is 7.01. The van der Waals surface area contributed by atoms with Gasteiger partial charge < -0.3 is 4.42 Å². The molecule has 0 N–H and O–H groups in total. The predicted octanol–water partition coefficient (Wildman–Crippen LogP) is 2.45. The van der Waals surface area contributed by atoms with Crippen LogP contribution in [0.3, 0.4) is 0 Å². The molecule has 0 aliphatic carbocycles. The van der Waals surface area contributed by atoms with Gasteiger partial charge in [0.1, 0.15) is 11.8 Å². The lowest BCUT2D eigenvalue weighted by molar-refractivity contribution is 0.408. The molecule has 2 nitrogen and oxygen atoms in total. The topological polar surface area (TPSA) is 36.9 Å². The molecular weight excluding hydrogens is 138 g/mol. The molecule has 0 bridgehead atoms. The number of hydrogen-bond donors (Lipinski definition) is 0. The van der Waals surface area contributed by atoms with E-state index in [4.69, 9.17) is 9.68 Å². The third-order valence-corrected chi connectivity index (χ3v) is 1.47. The fourth-order valence-electron chi connectivity index (χ4n) is 0.978. The van der Waals surface area contributed by atoms with E-state index in [-0.39, 0.29) is 5.41 Å². The van der Waals surface area contributed by atoms with Crippen LogP contribution in [0.2, 0.25) is 0 Å². The number of rotatable bonds is 0. The molecule has 0 atom stereocenters. The number of nitriles is 1. The maximum absolute atomic E-state index is 8.66. The summed E-state index contributed by atoms with van der Waals surface area (Å²) in [4.78, 5) is 0. The Kier molecular flexibility index (Phi) is 1.74. The van der Waals surface area contributed by atoms with Gasteiger partial charge in [-0.3, -0.25) is 0 Å². The van der Waals surface area contributed by atoms with E-state index in [1.807, 2.05) is 20.8 Å². The van der Waals surface area contributed by atoms with Gasteiger partial charge in [0, 0.05) is 5.41 Å². The first kappa shape index (κ1) is 7.87. The molecule has 1 rings (SSSR count). The highest BCUT2D eigenvalue weighted by Crippen LogP contribution is 2.25. The molecule has 1 heterocycles. The molecule has 0 spiro atoms. The summed E-state index contributed by atoms with van der Waals surface area (Å²) in [6.45, 7) is 6.06. The van der Waals surface area contributed by atoms with E-state index in [9.17, 15) is 0 Å². The molecule has 0 radical (unpaired) electrons. The van der Waals surface area contributed by atoms with Crippen molar-refractivity contribution in [1.29, 1.82) is 5.26 Å². The molecule has 0 aliphatic heterocycles. The molecule has 0 amide bonds. The Balaban J connectivity index is 3.15. The van der Waals surface area contributed by atoms with E-state index in [0.29, 0.717) is 5.56 Å². The first-order chi connectivity index (χ1) is 5.05. The predicted molar refractivity (Wildman–Crippen MR) is 42.1 cm³/mol. The van der Waals surface area contributed by atoms with Crippen molar-refractivity contribution >= 4 is 0 Å². The van der Waals surface area contributed by atoms with Crippen LogP contribution in [-0.2, 0) is 5.41 Å². The Labute approximate surface area is 66.4 Å². The van der Waals surface area contributed by atoms with Gasteiger partial charge in [-0.05, 0) is 6.07 Å². The van der Waals surface area contributed by atoms with E-state index in [1.165, 1.54) is 0 Å². The third kappa shape index (κ3) is 1.43. The normalized spacial score (nSPS) is 11.1. The highest BCUT2D eigenvalue weighted by molar-refractivity contribution is 5.34. The molecule has 0 unspecified atom stereocenters. The summed E-state index contributed by atoms with van der Waals surface area (Å²) in [5, 5.41) is 8.66. The van der Waals surface area contributed by atoms with Crippen LogP contribution < -0.4 is 0 Å². The smallest absolute Gasteiger partial charge is 0.126 e. The minimum atomic E-state index is -0.0748. The lowest BCUT2D eigenvalue weighted by Gasteiger charge is -2.14. The molecule has 1 aromatic heterocycles. The highest BCUT2D eigenvalue weighted by atomic mass is 16.3. The number of nitrogens with zero attached hydrogens (tertiary/aromatic N) is 1. The van der Waals surface area contributed by atoms with Gasteiger partial charge in [0.2, 0.25) is 0 Å². The van der Waals surface area contributed by atoms with E-state index >= 15 is 0 Å². The average Bonchev–Trinajstić information content (AvgIpc) is 2.31. The van der Waals surface area contributed by atoms with Crippen LogP contribution in [0.4, 0.5) is 0 Å². The third-order valence-electron chi connectivity index (χ3n) is 1.47. The lowest BCUT2D eigenvalue weighted by atomic mass is 9.91. The van der Waals surface area contributed by atoms with Crippen molar-refractivity contribution in [2.75, 3.05) is 0 Å². The summed E-state index contributed by atoms with van der Waals surface area (Å²) in [6, 6.07) is 3.78. The van der Waals surface area contributed by atoms with Crippen LogP contribution in [0.5, 0.6) is 0 Å². The van der Waals surface area contributed by atoms with Gasteiger partial charge in [-0.15, -0.1) is 0 Å². The van der Waals surface area contributed by atoms with Crippen molar-refractivity contribution < 1.29 is 4.42 Å². The average molecular weight is 149 g/mol. The monoisotopic (exact) mass is 149 g/mol. The minimum absolute atomic E-state index is 0.0748. The van der Waals surface area contributed by atoms with E-state index in [1.54, 1.807) is 12.3 Å². The zero-order valence-corrected chi connectivity index (χ0v) is 7.01. The standard InChI is InChI=1S/C9H11NO/c1-9(2,3)8-7(6-10)4-5-11-8/h4-5H,1-3H3. The van der Waals surface area contributed by atoms with Crippen LogP contribution in [0.25, 0.3) is 0 Å². The quantitative estimate of drug-likeness (QED) is 0.568. The Morgan fingerprint density at radius 1 is 1.45 bits per heavy atom. The Hall–Kier alpha value is -1.23. The minimum Gasteiger partial charge on any atom is -0.467 e. The SMILES string of the molecule is CC(C)(C)c1occc1C#N. The lowest BCUT2D eigenvalue weighted by Crippen LogP contribution is -2.11. The van der Waals surface area contributed by atoms with Crippen molar-refractivity contribution in [3.05, 3.63) is 23.7 Å². The first-order valence-electron chi connectivity index (χ1n) is 3.54. The van der Waals surface area contributed by atoms with Crippen molar-refractivity contribution in [2.24, 2.45) is 0 Å². The van der Waals surface area contributed by atoms with Crippen molar-refractivity contribution in [2.45, 2.75) is 26.2 Å². The Morgan fingerprint density at radius 2 is 2.09 bits per heavy atom. The van der Waals surface area contributed by atoms with E-state index in [2.05, 4.69) is 6.07 Å². The van der Waals surface area contributed by atoms with Gasteiger partial charge in [-0.25, -0.2) is 0 Å². The Morgan fingerprint density at radius 3 is 2.45 bits per heavy atom. The van der Waals surface area contributed by atoms with E-state index < -0.39 is 0 Å². The van der Waals surface area contributed by atoms with Crippen LogP contribution >= 0.6 is 0 Å². The largest absolute Gasteiger partial charge is 0.467 e. The zero-order chi connectivity index (χ0) is 8.48. The summed E-state index contributed by atoms with van der Waals surface area (Å²) in [7, 11) is 0. The highest BCUT2D eigenvalue weighted by Gasteiger charge is 2.21. The molecule has 2 heteroatoms. The van der Waals surface area contributed by atoms with Crippen molar-refractivity contribution in [3.8, 4) is 6.07 Å². The molecule has 0 aromatic carbocycles.